The first-order chi connectivity index (χ1) is 15.2. The van der Waals surface area contributed by atoms with Crippen molar-refractivity contribution in [3.05, 3.63) is 42.3 Å². The number of rotatable bonds is 5. The minimum absolute atomic E-state index is 0.00932. The van der Waals surface area contributed by atoms with Crippen LogP contribution in [0.2, 0.25) is 0 Å². The predicted molar refractivity (Wildman–Crippen MR) is 108 cm³/mol. The highest BCUT2D eigenvalue weighted by molar-refractivity contribution is 6.04. The molecule has 168 valence electrons. The minimum Gasteiger partial charge on any atom is -0.493 e. The van der Waals surface area contributed by atoms with Gasteiger partial charge in [0.15, 0.2) is 17.1 Å². The van der Waals surface area contributed by atoms with Gasteiger partial charge < -0.3 is 24.1 Å². The van der Waals surface area contributed by atoms with E-state index < -0.39 is 23.9 Å². The van der Waals surface area contributed by atoms with Crippen LogP contribution >= 0.6 is 0 Å². The number of alkyl halides is 3. The number of fused-ring (bicyclic) bond motifs is 1. The molecule has 0 radical (unpaired) electrons. The number of carbonyl (C=O) groups is 2. The van der Waals surface area contributed by atoms with Gasteiger partial charge in [0.2, 0.25) is 11.8 Å². The highest BCUT2D eigenvalue weighted by Crippen LogP contribution is 2.35. The number of halogens is 3. The highest BCUT2D eigenvalue weighted by atomic mass is 19.4. The van der Waals surface area contributed by atoms with E-state index in [4.69, 9.17) is 9.47 Å². The molecule has 2 amide bonds. The Labute approximate surface area is 179 Å². The van der Waals surface area contributed by atoms with Gasteiger partial charge in [-0.05, 0) is 30.3 Å². The number of hydrogen-bond acceptors (Lipinski definition) is 6. The van der Waals surface area contributed by atoms with Crippen LogP contribution in [0, 0.1) is 5.92 Å². The van der Waals surface area contributed by atoms with E-state index in [2.05, 4.69) is 14.7 Å². The van der Waals surface area contributed by atoms with Crippen molar-refractivity contribution in [1.82, 2.24) is 4.98 Å². The molecule has 2 heterocycles. The van der Waals surface area contributed by atoms with E-state index in [9.17, 15) is 22.8 Å². The molecule has 11 heteroatoms. The third-order valence-corrected chi connectivity index (χ3v) is 5.07. The number of carbonyl (C=O) groups excluding carboxylic acids is 2. The summed E-state index contributed by atoms with van der Waals surface area (Å²) in [5, 5.41) is 2.63. The fraction of sp³-hybridized carbons (Fsp3) is 0.286. The van der Waals surface area contributed by atoms with Crippen molar-refractivity contribution in [2.24, 2.45) is 5.92 Å². The van der Waals surface area contributed by atoms with Crippen molar-refractivity contribution in [3.8, 4) is 11.5 Å². The van der Waals surface area contributed by atoms with Gasteiger partial charge in [-0.1, -0.05) is 0 Å². The van der Waals surface area contributed by atoms with Crippen LogP contribution in [0.15, 0.2) is 40.8 Å². The van der Waals surface area contributed by atoms with E-state index in [0.717, 1.165) is 0 Å². The summed E-state index contributed by atoms with van der Waals surface area (Å²) in [5.74, 6) is -1.71. The second-order valence-corrected chi connectivity index (χ2v) is 7.13. The second kappa shape index (κ2) is 8.06. The van der Waals surface area contributed by atoms with Gasteiger partial charge in [-0.15, -0.1) is 0 Å². The standard InChI is InChI=1S/C21H18F3N3O5/c1-30-16-6-4-13(9-17(16)31-2)27-10-11(7-18(27)28)19(29)25-12-3-5-15-14(8-12)26-20(32-15)21(22,23)24/h3-6,8-9,11H,7,10H2,1-2H3,(H,25,29)/t11-/m0/s1. The molecule has 0 unspecified atom stereocenters. The summed E-state index contributed by atoms with van der Waals surface area (Å²) in [5.41, 5.74) is 0.726. The fourth-order valence-electron chi connectivity index (χ4n) is 3.50. The second-order valence-electron chi connectivity index (χ2n) is 7.13. The number of nitrogens with zero attached hydrogens (tertiary/aromatic N) is 2. The molecule has 4 rings (SSSR count). The largest absolute Gasteiger partial charge is 0.493 e. The van der Waals surface area contributed by atoms with Crippen molar-refractivity contribution in [2.45, 2.75) is 12.6 Å². The van der Waals surface area contributed by atoms with Gasteiger partial charge in [0, 0.05) is 30.4 Å². The van der Waals surface area contributed by atoms with E-state index in [1.807, 2.05) is 0 Å². The number of methoxy groups -OCH3 is 2. The monoisotopic (exact) mass is 449 g/mol. The van der Waals surface area contributed by atoms with Gasteiger partial charge >= 0.3 is 12.1 Å². The van der Waals surface area contributed by atoms with E-state index in [1.54, 1.807) is 18.2 Å². The summed E-state index contributed by atoms with van der Waals surface area (Å²) < 4.78 is 53.4. The molecule has 2 aromatic carbocycles. The summed E-state index contributed by atoms with van der Waals surface area (Å²) in [6, 6.07) is 8.99. The van der Waals surface area contributed by atoms with Crippen LogP contribution < -0.4 is 19.7 Å². The van der Waals surface area contributed by atoms with Crippen molar-refractivity contribution < 1.29 is 36.7 Å². The first-order valence-electron chi connectivity index (χ1n) is 9.50. The number of ether oxygens (including phenoxy) is 2. The molecule has 3 aromatic rings. The zero-order chi connectivity index (χ0) is 23.0. The van der Waals surface area contributed by atoms with Crippen LogP contribution in [0.4, 0.5) is 24.5 Å². The van der Waals surface area contributed by atoms with E-state index in [-0.39, 0.29) is 35.7 Å². The molecule has 1 aliphatic heterocycles. The van der Waals surface area contributed by atoms with E-state index in [0.29, 0.717) is 17.2 Å². The minimum atomic E-state index is -4.71. The molecule has 32 heavy (non-hydrogen) atoms. The van der Waals surface area contributed by atoms with Crippen LogP contribution in [-0.2, 0) is 15.8 Å². The molecular formula is C21H18F3N3O5. The number of nitrogens with one attached hydrogen (secondary N) is 1. The maximum Gasteiger partial charge on any atom is 0.468 e. The topological polar surface area (TPSA) is 93.9 Å². The van der Waals surface area contributed by atoms with Gasteiger partial charge in [-0.2, -0.15) is 13.2 Å². The van der Waals surface area contributed by atoms with Crippen LogP contribution in [-0.4, -0.2) is 37.6 Å². The summed E-state index contributed by atoms with van der Waals surface area (Å²) >= 11 is 0. The molecule has 1 saturated heterocycles. The molecular weight excluding hydrogens is 431 g/mol. The third kappa shape index (κ3) is 4.05. The Morgan fingerprint density at radius 2 is 1.91 bits per heavy atom. The lowest BCUT2D eigenvalue weighted by molar-refractivity contribution is -0.156. The number of amides is 2. The molecule has 1 fully saturated rings. The maximum absolute atomic E-state index is 12.8. The zero-order valence-corrected chi connectivity index (χ0v) is 17.0. The predicted octanol–water partition coefficient (Wildman–Crippen LogP) is 3.86. The molecule has 0 bridgehead atoms. The molecule has 1 aromatic heterocycles. The fourth-order valence-corrected chi connectivity index (χ4v) is 3.50. The average molecular weight is 449 g/mol. The van der Waals surface area contributed by atoms with Crippen LogP contribution in [0.3, 0.4) is 0 Å². The lowest BCUT2D eigenvalue weighted by Crippen LogP contribution is -2.28. The number of benzene rings is 2. The number of anilines is 2. The van der Waals surface area contributed by atoms with Crippen LogP contribution in [0.1, 0.15) is 12.3 Å². The van der Waals surface area contributed by atoms with Crippen molar-refractivity contribution in [3.63, 3.8) is 0 Å². The summed E-state index contributed by atoms with van der Waals surface area (Å²) in [7, 11) is 2.98. The van der Waals surface area contributed by atoms with Gasteiger partial charge in [-0.25, -0.2) is 4.98 Å². The SMILES string of the molecule is COc1ccc(N2C[C@@H](C(=O)Nc3ccc4oc(C(F)(F)F)nc4c3)CC2=O)cc1OC. The number of aromatic nitrogens is 1. The maximum atomic E-state index is 12.8. The van der Waals surface area contributed by atoms with Gasteiger partial charge in [-0.3, -0.25) is 9.59 Å². The first-order valence-corrected chi connectivity index (χ1v) is 9.50. The first kappa shape index (κ1) is 21.5. The Morgan fingerprint density at radius 1 is 1.16 bits per heavy atom. The Balaban J connectivity index is 1.48. The van der Waals surface area contributed by atoms with Crippen molar-refractivity contribution in [2.75, 3.05) is 31.0 Å². The van der Waals surface area contributed by atoms with Crippen molar-refractivity contribution in [1.29, 1.82) is 0 Å². The summed E-state index contributed by atoms with van der Waals surface area (Å²) in [6.07, 6.45) is -4.72. The average Bonchev–Trinajstić information content (AvgIpc) is 3.36. The van der Waals surface area contributed by atoms with E-state index in [1.165, 1.54) is 37.3 Å². The van der Waals surface area contributed by atoms with Crippen LogP contribution in [0.5, 0.6) is 11.5 Å². The van der Waals surface area contributed by atoms with Gasteiger partial charge in [0.25, 0.3) is 0 Å². The Hall–Kier alpha value is -3.76. The highest BCUT2D eigenvalue weighted by Gasteiger charge is 2.38. The normalized spacial score (nSPS) is 16.5. The zero-order valence-electron chi connectivity index (χ0n) is 17.0. The summed E-state index contributed by atoms with van der Waals surface area (Å²) in [6.45, 7) is 0.143. The molecule has 1 aliphatic rings. The molecule has 1 atom stereocenters. The lowest BCUT2D eigenvalue weighted by atomic mass is 10.1. The van der Waals surface area contributed by atoms with Crippen LogP contribution in [0.25, 0.3) is 11.1 Å². The third-order valence-electron chi connectivity index (χ3n) is 5.07. The Morgan fingerprint density at radius 3 is 2.59 bits per heavy atom. The van der Waals surface area contributed by atoms with Gasteiger partial charge in [0.1, 0.15) is 5.52 Å². The Kier molecular flexibility index (Phi) is 5.41. The quantitative estimate of drug-likeness (QED) is 0.636. The lowest BCUT2D eigenvalue weighted by Gasteiger charge is -2.18. The number of oxazole rings is 1. The smallest absolute Gasteiger partial charge is 0.468 e. The molecule has 8 nitrogen and oxygen atoms in total. The molecule has 0 saturated carbocycles. The summed E-state index contributed by atoms with van der Waals surface area (Å²) in [4.78, 5) is 30.1. The van der Waals surface area contributed by atoms with Crippen molar-refractivity contribution >= 4 is 34.3 Å². The molecule has 1 N–H and O–H groups in total. The van der Waals surface area contributed by atoms with Gasteiger partial charge in [0.05, 0.1) is 20.1 Å². The molecule has 0 aliphatic carbocycles. The molecule has 0 spiro atoms. The van der Waals surface area contributed by atoms with E-state index >= 15 is 0 Å². The Bertz CT molecular complexity index is 1190. The number of hydrogen-bond donors (Lipinski definition) is 1.